The van der Waals surface area contributed by atoms with Crippen molar-refractivity contribution in [2.75, 3.05) is 19.8 Å². The molecule has 0 atom stereocenters. The Kier molecular flexibility index (Phi) is 2.39. The summed E-state index contributed by atoms with van der Waals surface area (Å²) in [6.45, 7) is 1.79. The molecule has 3 heteroatoms. The van der Waals surface area contributed by atoms with Crippen molar-refractivity contribution in [1.29, 1.82) is 0 Å². The lowest BCUT2D eigenvalue weighted by Crippen LogP contribution is -2.54. The molecule has 0 amide bonds. The number of ether oxygens (including phenoxy) is 1. The van der Waals surface area contributed by atoms with Gasteiger partial charge in [0.1, 0.15) is 0 Å². The van der Waals surface area contributed by atoms with Crippen molar-refractivity contribution in [2.45, 2.75) is 18.3 Å². The van der Waals surface area contributed by atoms with Gasteiger partial charge < -0.3 is 9.84 Å². The van der Waals surface area contributed by atoms with Crippen LogP contribution in [0.1, 0.15) is 18.4 Å². The van der Waals surface area contributed by atoms with E-state index in [-0.39, 0.29) is 17.4 Å². The summed E-state index contributed by atoms with van der Waals surface area (Å²) in [5, 5.41) is 9.62. The molecule has 1 saturated carbocycles. The number of hydrogen-bond acceptors (Lipinski definition) is 2. The van der Waals surface area contributed by atoms with Crippen LogP contribution in [0.5, 0.6) is 0 Å². The molecule has 2 fully saturated rings. The van der Waals surface area contributed by atoms with E-state index in [1.165, 1.54) is 5.56 Å². The van der Waals surface area contributed by atoms with E-state index < -0.39 is 0 Å². The van der Waals surface area contributed by atoms with Crippen molar-refractivity contribution < 1.29 is 9.84 Å². The maximum absolute atomic E-state index is 9.62. The molecule has 0 bridgehead atoms. The molecule has 1 aromatic carbocycles. The van der Waals surface area contributed by atoms with Gasteiger partial charge in [0, 0.05) is 21.9 Å². The SMILES string of the molecule is OCC1(C2(c3cccc(Br)c3)COC2)CC1. The molecule has 0 radical (unpaired) electrons. The summed E-state index contributed by atoms with van der Waals surface area (Å²) >= 11 is 3.51. The number of benzene rings is 1. The molecular formula is C13H15BrO2. The van der Waals surface area contributed by atoms with Gasteiger partial charge in [-0.1, -0.05) is 28.1 Å². The molecule has 2 aliphatic rings. The first kappa shape index (κ1) is 10.8. The Labute approximate surface area is 104 Å². The third-order valence-electron chi connectivity index (χ3n) is 4.25. The summed E-state index contributed by atoms with van der Waals surface area (Å²) in [6, 6.07) is 8.42. The maximum Gasteiger partial charge on any atom is 0.0591 e. The van der Waals surface area contributed by atoms with Gasteiger partial charge in [-0.05, 0) is 30.5 Å². The van der Waals surface area contributed by atoms with Crippen molar-refractivity contribution in [3.63, 3.8) is 0 Å². The molecule has 86 valence electrons. The predicted octanol–water partition coefficient (Wildman–Crippen LogP) is 2.49. The van der Waals surface area contributed by atoms with E-state index >= 15 is 0 Å². The van der Waals surface area contributed by atoms with Gasteiger partial charge >= 0.3 is 0 Å². The highest BCUT2D eigenvalue weighted by Crippen LogP contribution is 2.62. The summed E-state index contributed by atoms with van der Waals surface area (Å²) in [7, 11) is 0. The van der Waals surface area contributed by atoms with Gasteiger partial charge in [0.15, 0.2) is 0 Å². The topological polar surface area (TPSA) is 29.5 Å². The van der Waals surface area contributed by atoms with Crippen LogP contribution in [0, 0.1) is 5.41 Å². The van der Waals surface area contributed by atoms with Crippen LogP contribution in [0.15, 0.2) is 28.7 Å². The largest absolute Gasteiger partial charge is 0.396 e. The molecule has 0 aromatic heterocycles. The Morgan fingerprint density at radius 1 is 1.31 bits per heavy atom. The van der Waals surface area contributed by atoms with Crippen molar-refractivity contribution in [3.05, 3.63) is 34.3 Å². The Balaban J connectivity index is 2.02. The summed E-state index contributed by atoms with van der Waals surface area (Å²) in [5.74, 6) is 0. The first-order valence-electron chi connectivity index (χ1n) is 5.67. The van der Waals surface area contributed by atoms with Crippen LogP contribution in [-0.2, 0) is 10.2 Å². The highest BCUT2D eigenvalue weighted by molar-refractivity contribution is 9.10. The standard InChI is InChI=1S/C13H15BrO2/c14-11-3-1-2-10(6-11)13(8-16-9-13)12(7-15)4-5-12/h1-3,6,15H,4-5,7-9H2. The van der Waals surface area contributed by atoms with E-state index in [0.29, 0.717) is 0 Å². The molecule has 0 unspecified atom stereocenters. The van der Waals surface area contributed by atoms with Crippen molar-refractivity contribution in [3.8, 4) is 0 Å². The molecule has 1 N–H and O–H groups in total. The Morgan fingerprint density at radius 3 is 2.50 bits per heavy atom. The quantitative estimate of drug-likeness (QED) is 0.923. The molecule has 1 aliphatic carbocycles. The lowest BCUT2D eigenvalue weighted by atomic mass is 9.66. The van der Waals surface area contributed by atoms with Gasteiger partial charge in [-0.3, -0.25) is 0 Å². The van der Waals surface area contributed by atoms with Crippen molar-refractivity contribution in [1.82, 2.24) is 0 Å². The molecular weight excluding hydrogens is 268 g/mol. The smallest absolute Gasteiger partial charge is 0.0591 e. The van der Waals surface area contributed by atoms with Crippen molar-refractivity contribution in [2.24, 2.45) is 5.41 Å². The predicted molar refractivity (Wildman–Crippen MR) is 65.4 cm³/mol. The van der Waals surface area contributed by atoms with E-state index in [1.807, 2.05) is 6.07 Å². The van der Waals surface area contributed by atoms with Crippen LogP contribution in [0.25, 0.3) is 0 Å². The van der Waals surface area contributed by atoms with E-state index in [2.05, 4.69) is 34.1 Å². The lowest BCUT2D eigenvalue weighted by Gasteiger charge is -2.48. The van der Waals surface area contributed by atoms with Crippen LogP contribution in [0.2, 0.25) is 0 Å². The van der Waals surface area contributed by atoms with E-state index in [4.69, 9.17) is 4.74 Å². The summed E-state index contributed by atoms with van der Waals surface area (Å²) in [6.07, 6.45) is 2.25. The van der Waals surface area contributed by atoms with Gasteiger partial charge in [0.05, 0.1) is 13.2 Å². The summed E-state index contributed by atoms with van der Waals surface area (Å²) < 4.78 is 6.54. The number of rotatable bonds is 3. The third-order valence-corrected chi connectivity index (χ3v) is 4.74. The van der Waals surface area contributed by atoms with E-state index in [0.717, 1.165) is 30.5 Å². The average Bonchev–Trinajstić information content (AvgIpc) is 2.98. The fraction of sp³-hybridized carbons (Fsp3) is 0.538. The highest BCUT2D eigenvalue weighted by atomic mass is 79.9. The zero-order valence-corrected chi connectivity index (χ0v) is 10.7. The lowest BCUT2D eigenvalue weighted by molar-refractivity contribution is -0.110. The summed E-state index contributed by atoms with van der Waals surface area (Å²) in [4.78, 5) is 0. The summed E-state index contributed by atoms with van der Waals surface area (Å²) in [5.41, 5.74) is 1.46. The van der Waals surface area contributed by atoms with Gasteiger partial charge in [-0.15, -0.1) is 0 Å². The zero-order valence-electron chi connectivity index (χ0n) is 9.08. The van der Waals surface area contributed by atoms with Crippen LogP contribution in [0.3, 0.4) is 0 Å². The van der Waals surface area contributed by atoms with E-state index in [1.54, 1.807) is 0 Å². The second kappa shape index (κ2) is 3.56. The molecule has 0 spiro atoms. The fourth-order valence-electron chi connectivity index (χ4n) is 2.81. The number of aliphatic hydroxyl groups is 1. The van der Waals surface area contributed by atoms with Crippen LogP contribution in [0.4, 0.5) is 0 Å². The zero-order chi connectivity index (χ0) is 11.2. The number of halogens is 1. The Morgan fingerprint density at radius 2 is 2.06 bits per heavy atom. The normalized spacial score (nSPS) is 24.9. The first-order valence-corrected chi connectivity index (χ1v) is 6.46. The van der Waals surface area contributed by atoms with Gasteiger partial charge in [-0.2, -0.15) is 0 Å². The first-order chi connectivity index (χ1) is 7.72. The van der Waals surface area contributed by atoms with Crippen LogP contribution < -0.4 is 0 Å². The van der Waals surface area contributed by atoms with Gasteiger partial charge in [0.25, 0.3) is 0 Å². The maximum atomic E-state index is 9.62. The molecule has 1 heterocycles. The van der Waals surface area contributed by atoms with Gasteiger partial charge in [-0.25, -0.2) is 0 Å². The Hall–Kier alpha value is -0.380. The second-order valence-corrected chi connectivity index (χ2v) is 5.94. The third kappa shape index (κ3) is 1.31. The number of aliphatic hydroxyl groups excluding tert-OH is 1. The molecule has 1 aromatic rings. The average molecular weight is 283 g/mol. The molecule has 16 heavy (non-hydrogen) atoms. The molecule has 2 nitrogen and oxygen atoms in total. The number of hydrogen-bond donors (Lipinski definition) is 1. The van der Waals surface area contributed by atoms with E-state index in [9.17, 15) is 5.11 Å². The Bertz CT molecular complexity index is 408. The van der Waals surface area contributed by atoms with Crippen LogP contribution in [-0.4, -0.2) is 24.9 Å². The molecule has 1 saturated heterocycles. The second-order valence-electron chi connectivity index (χ2n) is 5.02. The molecule has 3 rings (SSSR count). The fourth-order valence-corrected chi connectivity index (χ4v) is 3.21. The minimum Gasteiger partial charge on any atom is -0.396 e. The minimum atomic E-state index is 0.0610. The monoisotopic (exact) mass is 282 g/mol. The highest BCUT2D eigenvalue weighted by Gasteiger charge is 2.63. The van der Waals surface area contributed by atoms with Gasteiger partial charge in [0.2, 0.25) is 0 Å². The molecule has 1 aliphatic heterocycles. The van der Waals surface area contributed by atoms with Crippen LogP contribution >= 0.6 is 15.9 Å². The van der Waals surface area contributed by atoms with Crippen molar-refractivity contribution >= 4 is 15.9 Å². The minimum absolute atomic E-state index is 0.0610.